The molecule has 0 heterocycles. The molecule has 1 aliphatic rings. The van der Waals surface area contributed by atoms with Crippen LogP contribution in [-0.2, 0) is 0 Å². The van der Waals surface area contributed by atoms with Gasteiger partial charge in [0.15, 0.2) is 0 Å². The van der Waals surface area contributed by atoms with Gasteiger partial charge < -0.3 is 0 Å². The van der Waals surface area contributed by atoms with E-state index < -0.39 is 0 Å². The fraction of sp³-hybridized carbons (Fsp3) is 0.429. The van der Waals surface area contributed by atoms with Crippen LogP contribution in [0.4, 0.5) is 0 Å². The summed E-state index contributed by atoms with van der Waals surface area (Å²) in [7, 11) is 0. The van der Waals surface area contributed by atoms with Crippen molar-refractivity contribution in [3.05, 3.63) is 24.3 Å². The zero-order valence-corrected chi connectivity index (χ0v) is 3.89. The molecule has 1 aliphatic carbocycles. The van der Waals surface area contributed by atoms with Crippen molar-refractivity contribution < 1.29 is 0 Å². The molecule has 0 aromatic heterocycles. The van der Waals surface area contributed by atoms with E-state index in [1.54, 1.807) is 0 Å². The molecule has 0 aromatic carbocycles. The van der Waals surface area contributed by atoms with E-state index in [2.05, 4.69) is 31.2 Å². The quantitative estimate of drug-likeness (QED) is 0.434. The first-order chi connectivity index (χ1) is 2.89. The summed E-state index contributed by atoms with van der Waals surface area (Å²) < 4.78 is 0. The first kappa shape index (κ1) is 6.48. The minimum atomic E-state index is 0. The van der Waals surface area contributed by atoms with Gasteiger partial charge in [-0.1, -0.05) is 38.7 Å². The van der Waals surface area contributed by atoms with Gasteiger partial charge in [0.05, 0.1) is 0 Å². The molecule has 40 valence electrons. The number of rotatable bonds is 0. The molecule has 0 atom stereocenters. The molecule has 0 N–H and O–H groups in total. The van der Waals surface area contributed by atoms with Crippen LogP contribution < -0.4 is 0 Å². The Labute approximate surface area is 45.5 Å². The lowest BCUT2D eigenvalue weighted by molar-refractivity contribution is 0.958. The molecule has 0 heteroatoms. The first-order valence-electron chi connectivity index (χ1n) is 2.24. The van der Waals surface area contributed by atoms with E-state index in [0.717, 1.165) is 0 Å². The summed E-state index contributed by atoms with van der Waals surface area (Å²) in [5, 5.41) is 0. The van der Waals surface area contributed by atoms with E-state index in [4.69, 9.17) is 0 Å². The van der Waals surface area contributed by atoms with Crippen molar-refractivity contribution in [1.82, 2.24) is 0 Å². The van der Waals surface area contributed by atoms with Crippen molar-refractivity contribution in [2.45, 2.75) is 14.4 Å². The summed E-state index contributed by atoms with van der Waals surface area (Å²) >= 11 is 0. The Kier molecular flexibility index (Phi) is 2.42. The molecule has 0 fully saturated rings. The predicted molar refractivity (Wildman–Crippen MR) is 34.2 cm³/mol. The molecule has 1 rings (SSSR count). The topological polar surface area (TPSA) is 0 Å². The van der Waals surface area contributed by atoms with Gasteiger partial charge in [0.1, 0.15) is 0 Å². The van der Waals surface area contributed by atoms with E-state index in [-0.39, 0.29) is 7.43 Å². The van der Waals surface area contributed by atoms with E-state index in [1.165, 1.54) is 0 Å². The largest absolute Gasteiger partial charge is 0.0779 e. The van der Waals surface area contributed by atoms with Crippen LogP contribution in [-0.4, -0.2) is 0 Å². The third-order valence-corrected chi connectivity index (χ3v) is 0.940. The molecule has 0 unspecified atom stereocenters. The Hall–Kier alpha value is -0.520. The monoisotopic (exact) mass is 96.1 g/mol. The van der Waals surface area contributed by atoms with Crippen LogP contribution in [0.5, 0.6) is 0 Å². The summed E-state index contributed by atoms with van der Waals surface area (Å²) in [6, 6.07) is 0. The molecule has 0 radical (unpaired) electrons. The highest BCUT2D eigenvalue weighted by atomic mass is 14.0. The van der Waals surface area contributed by atoms with Gasteiger partial charge in [-0.2, -0.15) is 0 Å². The molecule has 0 aliphatic heterocycles. The van der Waals surface area contributed by atoms with Crippen molar-refractivity contribution in [3.63, 3.8) is 0 Å². The SMILES string of the molecule is C.CC1C=CC=C1. The Morgan fingerprint density at radius 1 is 1.14 bits per heavy atom. The minimum Gasteiger partial charge on any atom is -0.0779 e. The number of hydrogen-bond donors (Lipinski definition) is 0. The van der Waals surface area contributed by atoms with Crippen LogP contribution in [0.3, 0.4) is 0 Å². The fourth-order valence-corrected chi connectivity index (χ4v) is 0.543. The molecular weight excluding hydrogens is 84.1 g/mol. The van der Waals surface area contributed by atoms with Crippen molar-refractivity contribution in [1.29, 1.82) is 0 Å². The lowest BCUT2D eigenvalue weighted by atomic mass is 10.2. The van der Waals surface area contributed by atoms with Gasteiger partial charge in [0.2, 0.25) is 0 Å². The van der Waals surface area contributed by atoms with Crippen LogP contribution in [0.1, 0.15) is 14.4 Å². The Bertz CT molecular complexity index is 76.2. The molecular formula is C7H12. The number of hydrogen-bond acceptors (Lipinski definition) is 0. The van der Waals surface area contributed by atoms with Gasteiger partial charge in [-0.3, -0.25) is 0 Å². The van der Waals surface area contributed by atoms with Crippen LogP contribution in [0, 0.1) is 5.92 Å². The fourth-order valence-electron chi connectivity index (χ4n) is 0.543. The Balaban J connectivity index is 0.000000360. The second-order valence-electron chi connectivity index (χ2n) is 1.63. The van der Waals surface area contributed by atoms with Crippen LogP contribution in [0.25, 0.3) is 0 Å². The molecule has 0 bridgehead atoms. The van der Waals surface area contributed by atoms with E-state index in [0.29, 0.717) is 5.92 Å². The molecule has 0 aromatic rings. The average Bonchev–Trinajstić information content (AvgIpc) is 1.86. The first-order valence-corrected chi connectivity index (χ1v) is 2.24. The lowest BCUT2D eigenvalue weighted by Crippen LogP contribution is -1.72. The summed E-state index contributed by atoms with van der Waals surface area (Å²) in [4.78, 5) is 0. The molecule has 0 nitrogen and oxygen atoms in total. The normalized spacial score (nSPS) is 17.3. The average molecular weight is 96.2 g/mol. The van der Waals surface area contributed by atoms with Gasteiger partial charge in [-0.15, -0.1) is 0 Å². The zero-order chi connectivity index (χ0) is 4.41. The van der Waals surface area contributed by atoms with Crippen LogP contribution >= 0.6 is 0 Å². The van der Waals surface area contributed by atoms with Crippen LogP contribution in [0.15, 0.2) is 24.3 Å². The highest BCUT2D eigenvalue weighted by Gasteiger charge is 1.89. The molecule has 0 spiro atoms. The van der Waals surface area contributed by atoms with E-state index in [1.807, 2.05) is 0 Å². The lowest BCUT2D eigenvalue weighted by Gasteiger charge is -1.84. The van der Waals surface area contributed by atoms with Gasteiger partial charge in [-0.05, 0) is 5.92 Å². The van der Waals surface area contributed by atoms with Crippen LogP contribution in [0.2, 0.25) is 0 Å². The van der Waals surface area contributed by atoms with Crippen molar-refractivity contribution in [2.24, 2.45) is 5.92 Å². The minimum absolute atomic E-state index is 0. The van der Waals surface area contributed by atoms with Crippen molar-refractivity contribution >= 4 is 0 Å². The second-order valence-corrected chi connectivity index (χ2v) is 1.63. The zero-order valence-electron chi connectivity index (χ0n) is 3.89. The maximum absolute atomic E-state index is 2.17. The molecule has 7 heavy (non-hydrogen) atoms. The maximum Gasteiger partial charge on any atom is -0.00756 e. The highest BCUT2D eigenvalue weighted by Crippen LogP contribution is 2.04. The maximum atomic E-state index is 2.17. The van der Waals surface area contributed by atoms with E-state index in [9.17, 15) is 0 Å². The Morgan fingerprint density at radius 2 is 1.57 bits per heavy atom. The van der Waals surface area contributed by atoms with Crippen molar-refractivity contribution in [2.75, 3.05) is 0 Å². The van der Waals surface area contributed by atoms with Gasteiger partial charge in [0.25, 0.3) is 0 Å². The van der Waals surface area contributed by atoms with Gasteiger partial charge in [-0.25, -0.2) is 0 Å². The standard InChI is InChI=1S/C6H8.CH4/c1-6-4-2-3-5-6;/h2-6H,1H3;1H4. The van der Waals surface area contributed by atoms with Gasteiger partial charge in [0, 0.05) is 0 Å². The third kappa shape index (κ3) is 1.58. The third-order valence-electron chi connectivity index (χ3n) is 0.940. The molecule has 0 amide bonds. The highest BCUT2D eigenvalue weighted by molar-refractivity contribution is 5.15. The second kappa shape index (κ2) is 2.62. The van der Waals surface area contributed by atoms with E-state index >= 15 is 0 Å². The molecule has 0 saturated carbocycles. The summed E-state index contributed by atoms with van der Waals surface area (Å²) in [6.07, 6.45) is 8.48. The Morgan fingerprint density at radius 3 is 1.71 bits per heavy atom. The van der Waals surface area contributed by atoms with Gasteiger partial charge >= 0.3 is 0 Å². The number of allylic oxidation sites excluding steroid dienone is 4. The molecule has 0 saturated heterocycles. The predicted octanol–water partition coefficient (Wildman–Crippen LogP) is 2.38. The summed E-state index contributed by atoms with van der Waals surface area (Å²) in [6.45, 7) is 2.17. The smallest absolute Gasteiger partial charge is 0.00756 e. The van der Waals surface area contributed by atoms with Crippen molar-refractivity contribution in [3.8, 4) is 0 Å². The summed E-state index contributed by atoms with van der Waals surface area (Å²) in [5.41, 5.74) is 0. The summed E-state index contributed by atoms with van der Waals surface area (Å²) in [5.74, 6) is 0.685.